The third kappa shape index (κ3) is 6.13. The zero-order valence-electron chi connectivity index (χ0n) is 18.4. The zero-order chi connectivity index (χ0) is 22.2. The lowest BCUT2D eigenvalue weighted by molar-refractivity contribution is -0.126. The molecule has 2 aromatic rings. The van der Waals surface area contributed by atoms with E-state index in [1.54, 1.807) is 19.1 Å². The summed E-state index contributed by atoms with van der Waals surface area (Å²) < 4.78 is 10.6. The van der Waals surface area contributed by atoms with Gasteiger partial charge in [-0.2, -0.15) is 0 Å². The highest BCUT2D eigenvalue weighted by molar-refractivity contribution is 5.89. The van der Waals surface area contributed by atoms with Crippen LogP contribution in [-0.2, 0) is 11.2 Å². The summed E-state index contributed by atoms with van der Waals surface area (Å²) in [5, 5.41) is 5.95. The number of benzene rings is 2. The van der Waals surface area contributed by atoms with Crippen LogP contribution in [0.3, 0.4) is 0 Å². The molecule has 0 aliphatic carbocycles. The number of aryl methyl sites for hydroxylation is 1. The number of carbonyl (C=O) groups excluding carboxylic acids is 2. The third-order valence-corrected chi connectivity index (χ3v) is 5.62. The van der Waals surface area contributed by atoms with Crippen molar-refractivity contribution in [3.63, 3.8) is 0 Å². The van der Waals surface area contributed by atoms with Crippen molar-refractivity contribution in [1.82, 2.24) is 10.2 Å². The van der Waals surface area contributed by atoms with Crippen molar-refractivity contribution in [2.75, 3.05) is 39.2 Å². The van der Waals surface area contributed by atoms with Crippen LogP contribution in [0.25, 0.3) is 0 Å². The maximum absolute atomic E-state index is 12.5. The lowest BCUT2D eigenvalue weighted by atomic mass is 9.96. The third-order valence-electron chi connectivity index (χ3n) is 5.62. The number of hydrogen-bond acceptors (Lipinski definition) is 4. The van der Waals surface area contributed by atoms with Crippen molar-refractivity contribution in [1.29, 1.82) is 0 Å². The molecule has 0 bridgehead atoms. The number of hydrogen-bond donors (Lipinski definition) is 2. The van der Waals surface area contributed by atoms with Crippen LogP contribution in [-0.4, -0.2) is 50.7 Å². The fourth-order valence-electron chi connectivity index (χ4n) is 3.69. The molecule has 2 aromatic carbocycles. The van der Waals surface area contributed by atoms with Crippen molar-refractivity contribution in [3.8, 4) is 11.5 Å². The van der Waals surface area contributed by atoms with Crippen LogP contribution in [0.5, 0.6) is 11.5 Å². The summed E-state index contributed by atoms with van der Waals surface area (Å²) in [7, 11) is 3.21. The standard InChI is InChI=1S/C24H31N3O4/c1-17-4-7-20(8-5-17)26-24(29)27-14-11-19(12-15-27)23(28)25-13-10-18-6-9-21(30-2)22(16-18)31-3/h4-9,16,19H,10-15H2,1-3H3,(H,25,28)(H,26,29). The minimum absolute atomic E-state index is 0.0547. The minimum Gasteiger partial charge on any atom is -0.493 e. The molecule has 2 N–H and O–H groups in total. The Kier molecular flexibility index (Phi) is 7.76. The van der Waals surface area contributed by atoms with Crippen LogP contribution in [0.2, 0.25) is 0 Å². The number of rotatable bonds is 7. The van der Waals surface area contributed by atoms with Gasteiger partial charge in [0.25, 0.3) is 0 Å². The number of anilines is 1. The van der Waals surface area contributed by atoms with Crippen LogP contribution >= 0.6 is 0 Å². The molecule has 0 aromatic heterocycles. The summed E-state index contributed by atoms with van der Waals surface area (Å²) in [4.78, 5) is 26.8. The van der Waals surface area contributed by atoms with Gasteiger partial charge >= 0.3 is 6.03 Å². The number of carbonyl (C=O) groups is 2. The number of amides is 3. The number of ether oxygens (including phenoxy) is 2. The van der Waals surface area contributed by atoms with E-state index in [0.717, 1.165) is 16.8 Å². The van der Waals surface area contributed by atoms with E-state index >= 15 is 0 Å². The van der Waals surface area contributed by atoms with Crippen LogP contribution in [0.4, 0.5) is 10.5 Å². The van der Waals surface area contributed by atoms with Gasteiger partial charge in [-0.3, -0.25) is 4.79 Å². The molecule has 7 nitrogen and oxygen atoms in total. The molecule has 0 spiro atoms. The molecule has 1 saturated heterocycles. The lowest BCUT2D eigenvalue weighted by Gasteiger charge is -2.31. The molecule has 1 aliphatic rings. The van der Waals surface area contributed by atoms with Gasteiger partial charge < -0.3 is 25.0 Å². The quantitative estimate of drug-likeness (QED) is 0.710. The summed E-state index contributed by atoms with van der Waals surface area (Å²) in [5.41, 5.74) is 3.00. The van der Waals surface area contributed by atoms with E-state index in [4.69, 9.17) is 9.47 Å². The van der Waals surface area contributed by atoms with Gasteiger partial charge in [0.15, 0.2) is 11.5 Å². The highest BCUT2D eigenvalue weighted by Crippen LogP contribution is 2.27. The fourth-order valence-corrected chi connectivity index (χ4v) is 3.69. The van der Waals surface area contributed by atoms with Gasteiger partial charge in [0.2, 0.25) is 5.91 Å². The number of piperidine rings is 1. The second kappa shape index (κ2) is 10.7. The average Bonchev–Trinajstić information content (AvgIpc) is 2.80. The molecule has 31 heavy (non-hydrogen) atoms. The van der Waals surface area contributed by atoms with Gasteiger partial charge in [-0.25, -0.2) is 4.79 Å². The Morgan fingerprint density at radius 1 is 1.00 bits per heavy atom. The second-order valence-electron chi connectivity index (χ2n) is 7.79. The van der Waals surface area contributed by atoms with E-state index in [0.29, 0.717) is 50.4 Å². The van der Waals surface area contributed by atoms with Crippen molar-refractivity contribution in [3.05, 3.63) is 53.6 Å². The first-order chi connectivity index (χ1) is 15.0. The van der Waals surface area contributed by atoms with Crippen molar-refractivity contribution in [2.45, 2.75) is 26.2 Å². The van der Waals surface area contributed by atoms with Crippen LogP contribution in [0, 0.1) is 12.8 Å². The Hall–Kier alpha value is -3.22. The number of methoxy groups -OCH3 is 2. The lowest BCUT2D eigenvalue weighted by Crippen LogP contribution is -2.44. The Balaban J connectivity index is 1.41. The Morgan fingerprint density at radius 3 is 2.32 bits per heavy atom. The van der Waals surface area contributed by atoms with E-state index in [2.05, 4.69) is 10.6 Å². The maximum Gasteiger partial charge on any atom is 0.321 e. The molecule has 0 saturated carbocycles. The van der Waals surface area contributed by atoms with E-state index in [1.807, 2.05) is 49.4 Å². The summed E-state index contributed by atoms with van der Waals surface area (Å²) in [5.74, 6) is 1.36. The smallest absolute Gasteiger partial charge is 0.321 e. The molecule has 0 atom stereocenters. The molecule has 3 amide bonds. The second-order valence-corrected chi connectivity index (χ2v) is 7.79. The van der Waals surface area contributed by atoms with Gasteiger partial charge in [0.1, 0.15) is 0 Å². The van der Waals surface area contributed by atoms with Crippen LogP contribution in [0.1, 0.15) is 24.0 Å². The number of likely N-dealkylation sites (tertiary alicyclic amines) is 1. The number of nitrogens with one attached hydrogen (secondary N) is 2. The summed E-state index contributed by atoms with van der Waals surface area (Å²) in [6.07, 6.45) is 2.05. The molecule has 3 rings (SSSR count). The Bertz CT molecular complexity index is 890. The van der Waals surface area contributed by atoms with E-state index < -0.39 is 0 Å². The van der Waals surface area contributed by atoms with Gasteiger partial charge in [-0.05, 0) is 56.0 Å². The predicted molar refractivity (Wildman–Crippen MR) is 121 cm³/mol. The molecule has 0 unspecified atom stereocenters. The summed E-state index contributed by atoms with van der Waals surface area (Å²) in [6, 6.07) is 13.4. The van der Waals surface area contributed by atoms with Crippen LogP contribution < -0.4 is 20.1 Å². The average molecular weight is 426 g/mol. The first-order valence-corrected chi connectivity index (χ1v) is 10.6. The molecule has 1 aliphatic heterocycles. The minimum atomic E-state index is -0.115. The van der Waals surface area contributed by atoms with Gasteiger partial charge in [-0.1, -0.05) is 23.8 Å². The topological polar surface area (TPSA) is 79.9 Å². The molecule has 166 valence electrons. The summed E-state index contributed by atoms with van der Waals surface area (Å²) in [6.45, 7) is 3.72. The highest BCUT2D eigenvalue weighted by Gasteiger charge is 2.27. The van der Waals surface area contributed by atoms with Crippen molar-refractivity contribution < 1.29 is 19.1 Å². The van der Waals surface area contributed by atoms with Crippen LogP contribution in [0.15, 0.2) is 42.5 Å². The maximum atomic E-state index is 12.5. The highest BCUT2D eigenvalue weighted by atomic mass is 16.5. The molecule has 1 fully saturated rings. The van der Waals surface area contributed by atoms with Gasteiger partial charge in [0.05, 0.1) is 14.2 Å². The first kappa shape index (κ1) is 22.5. The van der Waals surface area contributed by atoms with Gasteiger partial charge in [-0.15, -0.1) is 0 Å². The normalized spacial score (nSPS) is 14.1. The van der Waals surface area contributed by atoms with E-state index in [9.17, 15) is 9.59 Å². The molecule has 0 radical (unpaired) electrons. The van der Waals surface area contributed by atoms with Crippen molar-refractivity contribution in [2.24, 2.45) is 5.92 Å². The Labute approximate surface area is 183 Å². The fraction of sp³-hybridized carbons (Fsp3) is 0.417. The first-order valence-electron chi connectivity index (χ1n) is 10.6. The van der Waals surface area contributed by atoms with Crippen molar-refractivity contribution >= 4 is 17.6 Å². The molecule has 7 heteroatoms. The van der Waals surface area contributed by atoms with E-state index in [-0.39, 0.29) is 17.9 Å². The Morgan fingerprint density at radius 2 is 1.68 bits per heavy atom. The summed E-state index contributed by atoms with van der Waals surface area (Å²) >= 11 is 0. The predicted octanol–water partition coefficient (Wildman–Crippen LogP) is 3.62. The number of urea groups is 1. The SMILES string of the molecule is COc1ccc(CCNC(=O)C2CCN(C(=O)Nc3ccc(C)cc3)CC2)cc1OC. The monoisotopic (exact) mass is 425 g/mol. The molecular weight excluding hydrogens is 394 g/mol. The van der Waals surface area contributed by atoms with Gasteiger partial charge in [0, 0.05) is 31.2 Å². The zero-order valence-corrected chi connectivity index (χ0v) is 18.4. The van der Waals surface area contributed by atoms with E-state index in [1.165, 1.54) is 0 Å². The molecule has 1 heterocycles. The molecular formula is C24H31N3O4. The number of nitrogens with zero attached hydrogens (tertiary/aromatic N) is 1. The largest absolute Gasteiger partial charge is 0.493 e.